The van der Waals surface area contributed by atoms with Gasteiger partial charge in [0.25, 0.3) is 5.56 Å². The van der Waals surface area contributed by atoms with Gasteiger partial charge in [-0.1, -0.05) is 11.6 Å². The Hall–Kier alpha value is -3.39. The standard InChI is InChI=1S/C23H25ClN6O2/c1-25-20(31)9-6-15-12-16-13-17(7-8-19(16)29(2)22(15)32)27-21-18(24)14-26-23(28-21)30-10-4-3-5-11-30/h6-9,12-14H,3-5,10-11H2,1-2H3,(H,25,31)(H,26,27,28)/b9-6+. The Morgan fingerprint density at radius 1 is 1.19 bits per heavy atom. The Balaban J connectivity index is 1.66. The van der Waals surface area contributed by atoms with Crippen molar-refractivity contribution in [1.82, 2.24) is 19.9 Å². The van der Waals surface area contributed by atoms with E-state index < -0.39 is 0 Å². The number of carbonyl (C=O) groups is 1. The molecule has 1 amide bonds. The highest BCUT2D eigenvalue weighted by Crippen LogP contribution is 2.27. The summed E-state index contributed by atoms with van der Waals surface area (Å²) in [5.41, 5.74) is 1.81. The fourth-order valence-electron chi connectivity index (χ4n) is 3.78. The average molecular weight is 453 g/mol. The van der Waals surface area contributed by atoms with Gasteiger partial charge in [0.1, 0.15) is 5.02 Å². The molecule has 0 atom stereocenters. The molecule has 1 aliphatic heterocycles. The van der Waals surface area contributed by atoms with Gasteiger partial charge in [-0.2, -0.15) is 4.98 Å². The molecule has 1 saturated heterocycles. The van der Waals surface area contributed by atoms with Gasteiger partial charge < -0.3 is 20.1 Å². The predicted octanol–water partition coefficient (Wildman–Crippen LogP) is 3.48. The molecule has 0 radical (unpaired) electrons. The van der Waals surface area contributed by atoms with E-state index in [4.69, 9.17) is 11.6 Å². The molecule has 0 saturated carbocycles. The second-order valence-corrected chi connectivity index (χ2v) is 8.13. The summed E-state index contributed by atoms with van der Waals surface area (Å²) in [6.07, 6.45) is 7.98. The van der Waals surface area contributed by atoms with Crippen molar-refractivity contribution in [3.05, 3.63) is 57.5 Å². The third-order valence-electron chi connectivity index (χ3n) is 5.55. The Bertz CT molecular complexity index is 1250. The lowest BCUT2D eigenvalue weighted by atomic mass is 10.1. The second kappa shape index (κ2) is 9.40. The van der Waals surface area contributed by atoms with E-state index in [1.165, 1.54) is 25.6 Å². The van der Waals surface area contributed by atoms with E-state index in [-0.39, 0.29) is 11.5 Å². The van der Waals surface area contributed by atoms with E-state index in [2.05, 4.69) is 25.5 Å². The van der Waals surface area contributed by atoms with Crippen molar-refractivity contribution in [1.29, 1.82) is 0 Å². The molecule has 0 unspecified atom stereocenters. The number of piperidine rings is 1. The Labute approximate surface area is 190 Å². The smallest absolute Gasteiger partial charge is 0.258 e. The van der Waals surface area contributed by atoms with Gasteiger partial charge in [-0.3, -0.25) is 9.59 Å². The van der Waals surface area contributed by atoms with Gasteiger partial charge in [-0.25, -0.2) is 4.98 Å². The van der Waals surface area contributed by atoms with Crippen LogP contribution in [-0.4, -0.2) is 40.6 Å². The van der Waals surface area contributed by atoms with Crippen molar-refractivity contribution in [3.63, 3.8) is 0 Å². The number of hydrogen-bond donors (Lipinski definition) is 2. The summed E-state index contributed by atoms with van der Waals surface area (Å²) in [5, 5.41) is 7.05. The quantitative estimate of drug-likeness (QED) is 0.576. The number of aromatic nitrogens is 3. The predicted molar refractivity (Wildman–Crippen MR) is 129 cm³/mol. The van der Waals surface area contributed by atoms with E-state index in [1.54, 1.807) is 23.9 Å². The number of halogens is 1. The molecule has 0 spiro atoms. The van der Waals surface area contributed by atoms with Gasteiger partial charge in [0.2, 0.25) is 11.9 Å². The Kier molecular flexibility index (Phi) is 6.41. The molecule has 2 N–H and O–H groups in total. The number of anilines is 3. The summed E-state index contributed by atoms with van der Waals surface area (Å²) in [7, 11) is 3.25. The van der Waals surface area contributed by atoms with Gasteiger partial charge >= 0.3 is 0 Å². The average Bonchev–Trinajstić information content (AvgIpc) is 2.82. The van der Waals surface area contributed by atoms with Crippen LogP contribution in [0.1, 0.15) is 24.8 Å². The van der Waals surface area contributed by atoms with Crippen LogP contribution in [0.3, 0.4) is 0 Å². The number of likely N-dealkylation sites (N-methyl/N-ethyl adjacent to an activating group) is 1. The van der Waals surface area contributed by atoms with Crippen molar-refractivity contribution in [2.45, 2.75) is 19.3 Å². The molecule has 2 aromatic heterocycles. The van der Waals surface area contributed by atoms with Gasteiger partial charge in [-0.15, -0.1) is 0 Å². The molecule has 4 rings (SSSR count). The number of fused-ring (bicyclic) bond motifs is 1. The van der Waals surface area contributed by atoms with Gasteiger partial charge in [0, 0.05) is 49.9 Å². The molecule has 166 valence electrons. The number of hydrogen-bond acceptors (Lipinski definition) is 6. The number of pyridine rings is 1. The fourth-order valence-corrected chi connectivity index (χ4v) is 3.92. The monoisotopic (exact) mass is 452 g/mol. The number of amides is 1. The minimum atomic E-state index is -0.273. The van der Waals surface area contributed by atoms with Crippen LogP contribution in [0.15, 0.2) is 41.3 Å². The number of benzene rings is 1. The van der Waals surface area contributed by atoms with Crippen LogP contribution >= 0.6 is 11.6 Å². The minimum Gasteiger partial charge on any atom is -0.356 e. The van der Waals surface area contributed by atoms with Crippen molar-refractivity contribution in [2.75, 3.05) is 30.4 Å². The normalized spacial score (nSPS) is 14.2. The topological polar surface area (TPSA) is 92.2 Å². The van der Waals surface area contributed by atoms with Crippen LogP contribution in [-0.2, 0) is 11.8 Å². The van der Waals surface area contributed by atoms with Crippen molar-refractivity contribution >= 4 is 51.9 Å². The molecule has 3 heterocycles. The first-order chi connectivity index (χ1) is 15.5. The summed E-state index contributed by atoms with van der Waals surface area (Å²) in [6.45, 7) is 1.88. The van der Waals surface area contributed by atoms with E-state index in [0.29, 0.717) is 22.4 Å². The third-order valence-corrected chi connectivity index (χ3v) is 5.82. The highest BCUT2D eigenvalue weighted by atomic mass is 35.5. The first-order valence-corrected chi connectivity index (χ1v) is 10.9. The number of rotatable bonds is 5. The zero-order chi connectivity index (χ0) is 22.7. The summed E-state index contributed by atoms with van der Waals surface area (Å²) in [5.74, 6) is 0.929. The molecular weight excluding hydrogens is 428 g/mol. The van der Waals surface area contributed by atoms with E-state index in [0.717, 1.165) is 42.5 Å². The molecule has 1 aliphatic rings. The Morgan fingerprint density at radius 2 is 1.97 bits per heavy atom. The lowest BCUT2D eigenvalue weighted by Gasteiger charge is -2.26. The van der Waals surface area contributed by atoms with Crippen LogP contribution < -0.4 is 21.1 Å². The highest BCUT2D eigenvalue weighted by molar-refractivity contribution is 6.32. The molecule has 32 heavy (non-hydrogen) atoms. The van der Waals surface area contributed by atoms with Crippen molar-refractivity contribution < 1.29 is 4.79 Å². The minimum absolute atomic E-state index is 0.177. The number of nitrogens with one attached hydrogen (secondary N) is 2. The zero-order valence-electron chi connectivity index (χ0n) is 18.1. The lowest BCUT2D eigenvalue weighted by molar-refractivity contribution is -0.115. The van der Waals surface area contributed by atoms with Crippen LogP contribution in [0.25, 0.3) is 17.0 Å². The van der Waals surface area contributed by atoms with Crippen molar-refractivity contribution in [2.24, 2.45) is 7.05 Å². The molecular formula is C23H25ClN6O2. The number of carbonyl (C=O) groups excluding carboxylic acids is 1. The van der Waals surface area contributed by atoms with Crippen LogP contribution in [0.2, 0.25) is 5.02 Å². The molecule has 3 aromatic rings. The van der Waals surface area contributed by atoms with Crippen molar-refractivity contribution in [3.8, 4) is 0 Å². The molecule has 8 nitrogen and oxygen atoms in total. The highest BCUT2D eigenvalue weighted by Gasteiger charge is 2.16. The van der Waals surface area contributed by atoms with E-state index in [9.17, 15) is 9.59 Å². The zero-order valence-corrected chi connectivity index (χ0v) is 18.8. The molecule has 0 bridgehead atoms. The van der Waals surface area contributed by atoms with Gasteiger partial charge in [-0.05, 0) is 49.6 Å². The third kappa shape index (κ3) is 4.60. The van der Waals surface area contributed by atoms with Gasteiger partial charge in [0.05, 0.1) is 11.7 Å². The van der Waals surface area contributed by atoms with Crippen LogP contribution in [0, 0.1) is 0 Å². The first kappa shape index (κ1) is 21.8. The van der Waals surface area contributed by atoms with E-state index in [1.807, 2.05) is 18.2 Å². The maximum Gasteiger partial charge on any atom is 0.258 e. The van der Waals surface area contributed by atoms with Crippen LogP contribution in [0.4, 0.5) is 17.5 Å². The van der Waals surface area contributed by atoms with E-state index >= 15 is 0 Å². The molecule has 0 aliphatic carbocycles. The summed E-state index contributed by atoms with van der Waals surface area (Å²) in [4.78, 5) is 35.4. The summed E-state index contributed by atoms with van der Waals surface area (Å²) < 4.78 is 1.56. The molecule has 9 heteroatoms. The second-order valence-electron chi connectivity index (χ2n) is 7.72. The fraction of sp³-hybridized carbons (Fsp3) is 0.304. The SMILES string of the molecule is CNC(=O)/C=C/c1cc2cc(Nc3nc(N4CCCCC4)ncc3Cl)ccc2n(C)c1=O. The van der Waals surface area contributed by atoms with Gasteiger partial charge in [0.15, 0.2) is 5.82 Å². The number of nitrogens with zero attached hydrogens (tertiary/aromatic N) is 4. The largest absolute Gasteiger partial charge is 0.356 e. The maximum atomic E-state index is 12.6. The molecule has 1 aromatic carbocycles. The summed E-state index contributed by atoms with van der Waals surface area (Å²) in [6, 6.07) is 7.43. The maximum absolute atomic E-state index is 12.6. The lowest BCUT2D eigenvalue weighted by Crippen LogP contribution is -2.31. The Morgan fingerprint density at radius 3 is 2.72 bits per heavy atom. The number of aryl methyl sites for hydroxylation is 1. The summed E-state index contributed by atoms with van der Waals surface area (Å²) >= 11 is 6.36. The first-order valence-electron chi connectivity index (χ1n) is 10.5. The molecule has 1 fully saturated rings. The van der Waals surface area contributed by atoms with Crippen LogP contribution in [0.5, 0.6) is 0 Å².